The first-order valence-corrected chi connectivity index (χ1v) is 6.37. The van der Waals surface area contributed by atoms with Gasteiger partial charge in [-0.3, -0.25) is 15.5 Å². The predicted molar refractivity (Wildman–Crippen MR) is 42.3 cm³/mol. The van der Waals surface area contributed by atoms with Crippen molar-refractivity contribution in [2.45, 2.75) is 0 Å². The summed E-state index contributed by atoms with van der Waals surface area (Å²) in [6, 6.07) is 0. The second-order valence-corrected chi connectivity index (χ2v) is 3.47. The van der Waals surface area contributed by atoms with E-state index >= 15 is 0 Å². The van der Waals surface area contributed by atoms with Gasteiger partial charge in [0.15, 0.2) is 4.93 Å². The van der Waals surface area contributed by atoms with Gasteiger partial charge in [-0.2, -0.15) is 0 Å². The van der Waals surface area contributed by atoms with Gasteiger partial charge in [-0.25, -0.2) is 0 Å². The van der Waals surface area contributed by atoms with E-state index in [9.17, 15) is 10.1 Å². The molecule has 0 spiro atoms. The molecule has 5 nitrogen and oxygen atoms in total. The van der Waals surface area contributed by atoms with Crippen LogP contribution in [0.4, 0.5) is 0 Å². The fourth-order valence-corrected chi connectivity index (χ4v) is 1.05. The van der Waals surface area contributed by atoms with Crippen LogP contribution < -0.4 is 30.5 Å². The van der Waals surface area contributed by atoms with E-state index in [0.29, 0.717) is 5.70 Å². The SMILES string of the molecule is C=C(/C=C\C[N+](=O)[O-])NN[I+]C. The summed E-state index contributed by atoms with van der Waals surface area (Å²) < 4.78 is 2.93. The van der Waals surface area contributed by atoms with Gasteiger partial charge in [0.1, 0.15) is 0 Å². The van der Waals surface area contributed by atoms with E-state index in [2.05, 4.69) is 15.6 Å². The Morgan fingerprint density at radius 2 is 2.50 bits per heavy atom. The Hall–Kier alpha value is -0.630. The quantitative estimate of drug-likeness (QED) is 0.137. The molecule has 0 rings (SSSR count). The van der Waals surface area contributed by atoms with Crippen LogP contribution in [-0.2, 0) is 0 Å². The summed E-state index contributed by atoms with van der Waals surface area (Å²) in [7, 11) is 0. The molecule has 0 saturated heterocycles. The predicted octanol–water partition coefficient (Wildman–Crippen LogP) is -2.94. The highest BCUT2D eigenvalue weighted by Crippen LogP contribution is 1.83. The largest absolute Gasteiger partial charge is 0.401 e. The topological polar surface area (TPSA) is 67.2 Å². The second kappa shape index (κ2) is 7.04. The van der Waals surface area contributed by atoms with Crippen LogP contribution in [0, 0.1) is 10.1 Å². The Labute approximate surface area is 81.6 Å². The van der Waals surface area contributed by atoms with Crippen LogP contribution in [0.3, 0.4) is 0 Å². The van der Waals surface area contributed by atoms with Crippen molar-refractivity contribution in [3.8, 4) is 0 Å². The third-order valence-electron chi connectivity index (χ3n) is 0.876. The molecule has 0 aliphatic heterocycles. The van der Waals surface area contributed by atoms with Gasteiger partial charge >= 0.3 is 21.5 Å². The van der Waals surface area contributed by atoms with Crippen molar-refractivity contribution in [1.82, 2.24) is 9.06 Å². The van der Waals surface area contributed by atoms with E-state index in [1.165, 1.54) is 6.08 Å². The average Bonchev–Trinajstić information content (AvgIpc) is 2.00. The molecule has 6 heteroatoms. The highest BCUT2D eigenvalue weighted by atomic mass is 127. The molecule has 0 radical (unpaired) electrons. The minimum Gasteiger partial charge on any atom is -0.283 e. The number of nitrogens with one attached hydrogen (secondary N) is 2. The van der Waals surface area contributed by atoms with E-state index in [0.717, 1.165) is 0 Å². The molecule has 0 amide bonds. The number of hydrogen-bond donors (Lipinski definition) is 2. The first kappa shape index (κ1) is 11.4. The smallest absolute Gasteiger partial charge is 0.283 e. The molecule has 0 aliphatic carbocycles. The maximum Gasteiger partial charge on any atom is 0.401 e. The van der Waals surface area contributed by atoms with Gasteiger partial charge in [-0.05, 0) is 15.8 Å². The van der Waals surface area contributed by atoms with E-state index < -0.39 is 4.92 Å². The molecule has 68 valence electrons. The Morgan fingerprint density at radius 3 is 3.00 bits per heavy atom. The van der Waals surface area contributed by atoms with Gasteiger partial charge in [0, 0.05) is 10.6 Å². The molecule has 0 heterocycles. The molecule has 0 aliphatic rings. The Kier molecular flexibility index (Phi) is 6.67. The summed E-state index contributed by atoms with van der Waals surface area (Å²) in [5.74, 6) is 0. The van der Waals surface area contributed by atoms with Crippen molar-refractivity contribution >= 4 is 0 Å². The van der Waals surface area contributed by atoms with Gasteiger partial charge in [0.2, 0.25) is 6.54 Å². The first-order chi connectivity index (χ1) is 5.66. The highest BCUT2D eigenvalue weighted by Gasteiger charge is 1.94. The van der Waals surface area contributed by atoms with Crippen LogP contribution in [0.5, 0.6) is 0 Å². The van der Waals surface area contributed by atoms with Crippen molar-refractivity contribution in [2.24, 2.45) is 0 Å². The zero-order chi connectivity index (χ0) is 9.40. The summed E-state index contributed by atoms with van der Waals surface area (Å²) in [6.45, 7) is 3.46. The van der Waals surface area contributed by atoms with Gasteiger partial charge in [-0.15, -0.1) is 0 Å². The summed E-state index contributed by atoms with van der Waals surface area (Å²) in [5, 5.41) is 9.89. The van der Waals surface area contributed by atoms with Crippen LogP contribution in [0.1, 0.15) is 0 Å². The minimum absolute atomic E-state index is 0.0446. The average molecular weight is 284 g/mol. The number of allylic oxidation sites excluding steroid dienone is 1. The van der Waals surface area contributed by atoms with E-state index in [4.69, 9.17) is 0 Å². The van der Waals surface area contributed by atoms with Crippen molar-refractivity contribution in [3.05, 3.63) is 34.5 Å². The summed E-state index contributed by atoms with van der Waals surface area (Å²) in [6.07, 6.45) is 3.03. The van der Waals surface area contributed by atoms with Crippen molar-refractivity contribution < 1.29 is 26.4 Å². The molecule has 12 heavy (non-hydrogen) atoms. The first-order valence-electron chi connectivity index (χ1n) is 3.13. The second-order valence-electron chi connectivity index (χ2n) is 1.85. The van der Waals surface area contributed by atoms with Crippen LogP contribution >= 0.6 is 0 Å². The van der Waals surface area contributed by atoms with Gasteiger partial charge in [0.25, 0.3) is 0 Å². The van der Waals surface area contributed by atoms with Crippen molar-refractivity contribution in [2.75, 3.05) is 11.5 Å². The summed E-state index contributed by atoms with van der Waals surface area (Å²) >= 11 is -0.0446. The molecule has 0 unspecified atom stereocenters. The van der Waals surface area contributed by atoms with Crippen LogP contribution in [0.25, 0.3) is 0 Å². The molecular weight excluding hydrogens is 273 g/mol. The van der Waals surface area contributed by atoms with Crippen LogP contribution in [-0.4, -0.2) is 16.4 Å². The van der Waals surface area contributed by atoms with E-state index in [-0.39, 0.29) is 28.0 Å². The molecule has 0 aromatic rings. The number of nitrogens with zero attached hydrogens (tertiary/aromatic N) is 1. The maximum atomic E-state index is 9.89. The van der Waals surface area contributed by atoms with Gasteiger partial charge in [-0.1, -0.05) is 6.58 Å². The fraction of sp³-hybridized carbons (Fsp3) is 0.333. The lowest BCUT2D eigenvalue weighted by atomic mass is 10.4. The zero-order valence-corrected chi connectivity index (χ0v) is 8.87. The van der Waals surface area contributed by atoms with Crippen molar-refractivity contribution in [3.63, 3.8) is 0 Å². The number of hydrogen-bond acceptors (Lipinski definition) is 4. The molecule has 0 fully saturated rings. The third kappa shape index (κ3) is 7.48. The zero-order valence-electron chi connectivity index (χ0n) is 6.71. The fourth-order valence-electron chi connectivity index (χ4n) is 0.431. The molecule has 0 atom stereocenters. The third-order valence-corrected chi connectivity index (χ3v) is 1.68. The maximum absolute atomic E-state index is 9.89. The van der Waals surface area contributed by atoms with Crippen LogP contribution in [0.15, 0.2) is 24.4 Å². The molecule has 0 bridgehead atoms. The lowest BCUT2D eigenvalue weighted by Crippen LogP contribution is -3.67. The number of hydrazine groups is 1. The normalized spacial score (nSPS) is 10.1. The molecular formula is C6H11IN3O2+. The lowest BCUT2D eigenvalue weighted by Gasteiger charge is -1.95. The Bertz CT molecular complexity index is 193. The molecule has 0 saturated carbocycles. The Morgan fingerprint density at radius 1 is 1.83 bits per heavy atom. The number of rotatable bonds is 6. The monoisotopic (exact) mass is 284 g/mol. The molecule has 0 aromatic carbocycles. The minimum atomic E-state index is -0.399. The number of nitro groups is 1. The van der Waals surface area contributed by atoms with Crippen molar-refractivity contribution in [1.29, 1.82) is 0 Å². The molecule has 2 N–H and O–H groups in total. The van der Waals surface area contributed by atoms with Gasteiger partial charge in [0.05, 0.1) is 0 Å². The van der Waals surface area contributed by atoms with E-state index in [1.807, 2.05) is 4.93 Å². The summed E-state index contributed by atoms with van der Waals surface area (Å²) in [4.78, 5) is 11.5. The standard InChI is InChI=1S/C6H11IN3O2/c1-6(8-9-7-2)4-3-5-10(11)12/h3-4,8-9H,1,5H2,2H3/q+1/b4-3-. The highest BCUT2D eigenvalue weighted by molar-refractivity contribution is 5.10. The number of alkyl halides is 1. The van der Waals surface area contributed by atoms with Crippen LogP contribution in [0.2, 0.25) is 0 Å². The van der Waals surface area contributed by atoms with E-state index in [1.54, 1.807) is 6.08 Å². The molecule has 0 aromatic heterocycles. The number of halogens is 1. The Balaban J connectivity index is 3.54. The lowest BCUT2D eigenvalue weighted by molar-refractivity contribution is -0.693. The summed E-state index contributed by atoms with van der Waals surface area (Å²) in [5.41, 5.74) is 3.44. The van der Waals surface area contributed by atoms with Gasteiger partial charge < -0.3 is 0 Å².